The van der Waals surface area contributed by atoms with Crippen molar-refractivity contribution in [1.82, 2.24) is 0 Å². The van der Waals surface area contributed by atoms with Crippen LogP contribution in [0.5, 0.6) is 5.75 Å². The number of sulfone groups is 1. The summed E-state index contributed by atoms with van der Waals surface area (Å²) in [6.07, 6.45) is 1.13. The molecule has 0 heterocycles. The van der Waals surface area contributed by atoms with Gasteiger partial charge in [0, 0.05) is 6.26 Å². The summed E-state index contributed by atoms with van der Waals surface area (Å²) in [5.74, 6) is -0.171. The standard InChI is InChI=1S/C12H17NO5S/c1-19(15,16)9-8-18-12(14)6-7-17-11-5-3-2-4-10(11)13/h2-5H,6-9,13H2,1H3. The quantitative estimate of drug-likeness (QED) is 0.583. The maximum absolute atomic E-state index is 11.3. The van der Waals surface area contributed by atoms with E-state index in [0.717, 1.165) is 6.26 Å². The van der Waals surface area contributed by atoms with Gasteiger partial charge in [0.15, 0.2) is 9.84 Å². The summed E-state index contributed by atoms with van der Waals surface area (Å²) in [4.78, 5) is 11.3. The van der Waals surface area contributed by atoms with Crippen molar-refractivity contribution < 1.29 is 22.7 Å². The number of esters is 1. The van der Waals surface area contributed by atoms with Gasteiger partial charge in [-0.25, -0.2) is 8.42 Å². The highest BCUT2D eigenvalue weighted by atomic mass is 32.2. The van der Waals surface area contributed by atoms with E-state index in [9.17, 15) is 13.2 Å². The summed E-state index contributed by atoms with van der Waals surface area (Å²) >= 11 is 0. The van der Waals surface area contributed by atoms with E-state index in [2.05, 4.69) is 0 Å². The second kappa shape index (κ2) is 6.98. The first kappa shape index (κ1) is 15.3. The molecule has 2 N–H and O–H groups in total. The first-order valence-corrected chi connectivity index (χ1v) is 7.75. The molecule has 19 heavy (non-hydrogen) atoms. The largest absolute Gasteiger partial charge is 0.491 e. The first-order valence-electron chi connectivity index (χ1n) is 5.69. The number of carbonyl (C=O) groups excluding carboxylic acids is 1. The lowest BCUT2D eigenvalue weighted by atomic mass is 10.3. The van der Waals surface area contributed by atoms with Gasteiger partial charge in [-0.05, 0) is 12.1 Å². The van der Waals surface area contributed by atoms with E-state index in [0.29, 0.717) is 11.4 Å². The number of nitrogens with two attached hydrogens (primary N) is 1. The Kier molecular flexibility index (Phi) is 5.62. The van der Waals surface area contributed by atoms with Crippen LogP contribution in [0.4, 0.5) is 5.69 Å². The topological polar surface area (TPSA) is 95.7 Å². The van der Waals surface area contributed by atoms with Gasteiger partial charge in [-0.2, -0.15) is 0 Å². The number of hydrogen-bond acceptors (Lipinski definition) is 6. The zero-order valence-corrected chi connectivity index (χ0v) is 11.5. The molecular weight excluding hydrogens is 270 g/mol. The summed E-state index contributed by atoms with van der Waals surface area (Å²) in [6.45, 7) is -0.00291. The fraction of sp³-hybridized carbons (Fsp3) is 0.417. The highest BCUT2D eigenvalue weighted by Gasteiger charge is 2.07. The third kappa shape index (κ3) is 6.66. The number of para-hydroxylation sites is 2. The SMILES string of the molecule is CS(=O)(=O)CCOC(=O)CCOc1ccccc1N. The summed E-state index contributed by atoms with van der Waals surface area (Å²) in [5.41, 5.74) is 6.15. The molecule has 6 nitrogen and oxygen atoms in total. The van der Waals surface area contributed by atoms with Crippen LogP contribution in [0, 0.1) is 0 Å². The molecule has 0 saturated carbocycles. The summed E-state index contributed by atoms with van der Waals surface area (Å²) in [6, 6.07) is 6.95. The lowest BCUT2D eigenvalue weighted by Gasteiger charge is -2.08. The minimum Gasteiger partial charge on any atom is -0.491 e. The van der Waals surface area contributed by atoms with Crippen molar-refractivity contribution >= 4 is 21.5 Å². The van der Waals surface area contributed by atoms with E-state index in [4.69, 9.17) is 15.2 Å². The Hall–Kier alpha value is -1.76. The van der Waals surface area contributed by atoms with Crippen LogP contribution in [0.25, 0.3) is 0 Å². The van der Waals surface area contributed by atoms with E-state index >= 15 is 0 Å². The molecule has 0 fully saturated rings. The second-order valence-electron chi connectivity index (χ2n) is 3.99. The van der Waals surface area contributed by atoms with Crippen LogP contribution >= 0.6 is 0 Å². The van der Waals surface area contributed by atoms with Gasteiger partial charge < -0.3 is 15.2 Å². The molecule has 1 rings (SSSR count). The van der Waals surface area contributed by atoms with Gasteiger partial charge in [0.2, 0.25) is 0 Å². The van der Waals surface area contributed by atoms with Crippen LogP contribution in [-0.2, 0) is 19.4 Å². The van der Waals surface area contributed by atoms with E-state index in [-0.39, 0.29) is 25.4 Å². The van der Waals surface area contributed by atoms with Gasteiger partial charge in [0.05, 0.1) is 24.5 Å². The predicted octanol–water partition coefficient (Wildman–Crippen LogP) is 0.625. The zero-order valence-electron chi connectivity index (χ0n) is 10.7. The Balaban J connectivity index is 2.23. The van der Waals surface area contributed by atoms with E-state index in [1.165, 1.54) is 0 Å². The van der Waals surface area contributed by atoms with Gasteiger partial charge in [-0.3, -0.25) is 4.79 Å². The number of benzene rings is 1. The van der Waals surface area contributed by atoms with Crippen molar-refractivity contribution in [3.05, 3.63) is 24.3 Å². The maximum Gasteiger partial charge on any atom is 0.309 e. The third-order valence-electron chi connectivity index (χ3n) is 2.20. The normalized spacial score (nSPS) is 11.0. The molecule has 0 spiro atoms. The zero-order chi connectivity index (χ0) is 14.3. The molecule has 106 valence electrons. The Morgan fingerprint density at radius 2 is 1.95 bits per heavy atom. The van der Waals surface area contributed by atoms with Gasteiger partial charge in [0.25, 0.3) is 0 Å². The Morgan fingerprint density at radius 3 is 2.58 bits per heavy atom. The molecular formula is C12H17NO5S. The van der Waals surface area contributed by atoms with Crippen molar-refractivity contribution in [1.29, 1.82) is 0 Å². The van der Waals surface area contributed by atoms with Crippen LogP contribution in [0.15, 0.2) is 24.3 Å². The molecule has 0 amide bonds. The van der Waals surface area contributed by atoms with Crippen LogP contribution in [0.2, 0.25) is 0 Å². The van der Waals surface area contributed by atoms with Gasteiger partial charge in [-0.15, -0.1) is 0 Å². The smallest absolute Gasteiger partial charge is 0.309 e. The number of rotatable bonds is 7. The average Bonchev–Trinajstić information content (AvgIpc) is 2.30. The molecule has 0 aromatic heterocycles. The van der Waals surface area contributed by atoms with Crippen LogP contribution in [-0.4, -0.2) is 39.6 Å². The molecule has 0 aliphatic carbocycles. The molecule has 0 atom stereocenters. The lowest BCUT2D eigenvalue weighted by Crippen LogP contribution is -2.16. The number of carbonyl (C=O) groups is 1. The fourth-order valence-corrected chi connectivity index (χ4v) is 1.62. The van der Waals surface area contributed by atoms with E-state index in [1.807, 2.05) is 0 Å². The number of nitrogen functional groups attached to an aromatic ring is 1. The summed E-state index contributed by atoms with van der Waals surface area (Å²) < 4.78 is 31.7. The molecule has 0 radical (unpaired) electrons. The van der Waals surface area contributed by atoms with Crippen LogP contribution < -0.4 is 10.5 Å². The lowest BCUT2D eigenvalue weighted by molar-refractivity contribution is -0.143. The van der Waals surface area contributed by atoms with Gasteiger partial charge in [0.1, 0.15) is 12.4 Å². The van der Waals surface area contributed by atoms with E-state index in [1.54, 1.807) is 24.3 Å². The highest BCUT2D eigenvalue weighted by molar-refractivity contribution is 7.90. The predicted molar refractivity (Wildman–Crippen MR) is 71.6 cm³/mol. The van der Waals surface area contributed by atoms with Gasteiger partial charge >= 0.3 is 5.97 Å². The molecule has 1 aromatic rings. The fourth-order valence-electron chi connectivity index (χ4n) is 1.24. The monoisotopic (exact) mass is 287 g/mol. The van der Waals surface area contributed by atoms with Crippen molar-refractivity contribution in [2.45, 2.75) is 6.42 Å². The molecule has 0 saturated heterocycles. The number of anilines is 1. The Labute approximate surface area is 112 Å². The molecule has 0 unspecified atom stereocenters. The average molecular weight is 287 g/mol. The van der Waals surface area contributed by atoms with Crippen molar-refractivity contribution in [2.24, 2.45) is 0 Å². The molecule has 0 bridgehead atoms. The van der Waals surface area contributed by atoms with Crippen molar-refractivity contribution in [2.75, 3.05) is 31.0 Å². The third-order valence-corrected chi connectivity index (χ3v) is 3.11. The highest BCUT2D eigenvalue weighted by Crippen LogP contribution is 2.19. The number of ether oxygens (including phenoxy) is 2. The van der Waals surface area contributed by atoms with Crippen molar-refractivity contribution in [3.8, 4) is 5.75 Å². The van der Waals surface area contributed by atoms with E-state index < -0.39 is 15.8 Å². The molecule has 0 aliphatic rings. The Morgan fingerprint density at radius 1 is 1.26 bits per heavy atom. The van der Waals surface area contributed by atoms with Gasteiger partial charge in [-0.1, -0.05) is 12.1 Å². The minimum atomic E-state index is -3.11. The minimum absolute atomic E-state index is 0.0398. The summed E-state index contributed by atoms with van der Waals surface area (Å²) in [7, 11) is -3.11. The maximum atomic E-state index is 11.3. The molecule has 0 aliphatic heterocycles. The first-order chi connectivity index (χ1) is 8.88. The second-order valence-corrected chi connectivity index (χ2v) is 6.25. The van der Waals surface area contributed by atoms with Crippen LogP contribution in [0.1, 0.15) is 6.42 Å². The summed E-state index contributed by atoms with van der Waals surface area (Å²) in [5, 5.41) is 0. The Bertz CT molecular complexity index is 527. The number of hydrogen-bond donors (Lipinski definition) is 1. The van der Waals surface area contributed by atoms with Crippen molar-refractivity contribution in [3.63, 3.8) is 0 Å². The van der Waals surface area contributed by atoms with Crippen LogP contribution in [0.3, 0.4) is 0 Å². The molecule has 1 aromatic carbocycles. The molecule has 7 heteroatoms.